The normalized spacial score (nSPS) is 21.0. The molecule has 32 heavy (non-hydrogen) atoms. The molecule has 8 N–H and O–H groups in total. The quantitative estimate of drug-likeness (QED) is 0.164. The lowest BCUT2D eigenvalue weighted by Crippen LogP contribution is -2.44. The number of alkyl halides is 2. The predicted molar refractivity (Wildman–Crippen MR) is 98.9 cm³/mol. The molecule has 186 valence electrons. The Morgan fingerprint density at radius 2 is 1.69 bits per heavy atom. The predicted octanol–water partition coefficient (Wildman–Crippen LogP) is -0.667. The van der Waals surface area contributed by atoms with E-state index < -0.39 is 66.4 Å². The first-order chi connectivity index (χ1) is 14.4. The first-order valence-electron chi connectivity index (χ1n) is 8.12. The Labute approximate surface area is 177 Å². The minimum Gasteiger partial charge on any atom is -0.389 e. The summed E-state index contributed by atoms with van der Waals surface area (Å²) in [5.74, 6) is -2.29. The smallest absolute Gasteiger partial charge is 0.389 e. The second-order valence-electron chi connectivity index (χ2n) is 6.12. The minimum absolute atomic E-state index is 0.263. The van der Waals surface area contributed by atoms with E-state index in [4.69, 9.17) is 20.4 Å². The summed E-state index contributed by atoms with van der Waals surface area (Å²) in [5.41, 5.74) is 4.02. The number of aliphatic hydroxyl groups excluding tert-OH is 2. The lowest BCUT2D eigenvalue weighted by Gasteiger charge is -2.29. The van der Waals surface area contributed by atoms with Crippen molar-refractivity contribution in [1.29, 1.82) is 0 Å². The van der Waals surface area contributed by atoms with Gasteiger partial charge in [0.15, 0.2) is 12.4 Å². The molecule has 0 aromatic carbocycles. The van der Waals surface area contributed by atoms with Gasteiger partial charge < -0.3 is 35.5 Å². The fourth-order valence-corrected chi connectivity index (χ4v) is 5.23. The third-order valence-corrected chi connectivity index (χ3v) is 7.42. The van der Waals surface area contributed by atoms with E-state index in [1.54, 1.807) is 0 Å². The van der Waals surface area contributed by atoms with E-state index in [0.29, 0.717) is 4.57 Å². The lowest BCUT2D eigenvalue weighted by molar-refractivity contribution is -0.0890. The summed E-state index contributed by atoms with van der Waals surface area (Å²) in [7, 11) is -17.2. The molecule has 1 heterocycles. The molecule has 0 fully saturated rings. The van der Waals surface area contributed by atoms with Gasteiger partial charge in [-0.25, -0.2) is 27.3 Å². The molecule has 3 unspecified atom stereocenters. The number of anilines is 1. The highest BCUT2D eigenvalue weighted by Gasteiger charge is 2.43. The van der Waals surface area contributed by atoms with Gasteiger partial charge in [0.1, 0.15) is 12.0 Å². The van der Waals surface area contributed by atoms with Crippen molar-refractivity contribution in [3.63, 3.8) is 0 Å². The van der Waals surface area contributed by atoms with Crippen molar-refractivity contribution in [3.05, 3.63) is 22.7 Å². The van der Waals surface area contributed by atoms with Crippen LogP contribution in [0.15, 0.2) is 17.1 Å². The van der Waals surface area contributed by atoms with Crippen LogP contribution in [0.1, 0.15) is 13.2 Å². The van der Waals surface area contributed by atoms with Crippen LogP contribution >= 0.6 is 23.5 Å². The van der Waals surface area contributed by atoms with Crippen LogP contribution in [0.25, 0.3) is 0 Å². The standard InChI is InChI=1S/C11H20F2N3O13P3/c1-5(12)6(4-27-31(23,24)29-32(25,26)28-30(20,21)22)9(17)8(13)10(18)16-3-2-7(14)15-11(16)19/h2-3,5-6,8-10,17-18H,4H2,1H3,(H,23,24)(H,25,26)(H2,14,15,19)(H2,20,21,22)/t5?,6-,8-,9-,10-/m1/s1. The summed E-state index contributed by atoms with van der Waals surface area (Å²) >= 11 is 0. The van der Waals surface area contributed by atoms with E-state index in [1.807, 2.05) is 0 Å². The van der Waals surface area contributed by atoms with E-state index in [1.165, 1.54) is 0 Å². The molecular formula is C11H20F2N3O13P3. The Morgan fingerprint density at radius 3 is 2.16 bits per heavy atom. The monoisotopic (exact) mass is 533 g/mol. The number of hydrogen-bond acceptors (Lipinski definition) is 11. The van der Waals surface area contributed by atoms with Gasteiger partial charge in [-0.15, -0.1) is 0 Å². The third kappa shape index (κ3) is 9.02. The van der Waals surface area contributed by atoms with Crippen molar-refractivity contribution in [1.82, 2.24) is 9.55 Å². The molecule has 7 atom stereocenters. The highest BCUT2D eigenvalue weighted by molar-refractivity contribution is 7.66. The maximum Gasteiger partial charge on any atom is 0.490 e. The number of nitrogens with two attached hydrogens (primary N) is 1. The van der Waals surface area contributed by atoms with Crippen molar-refractivity contribution in [2.24, 2.45) is 5.92 Å². The molecule has 0 saturated heterocycles. The molecule has 16 nitrogen and oxygen atoms in total. The lowest BCUT2D eigenvalue weighted by atomic mass is 9.94. The van der Waals surface area contributed by atoms with Crippen LogP contribution in [0, 0.1) is 5.92 Å². The highest BCUT2D eigenvalue weighted by Crippen LogP contribution is 2.66. The zero-order valence-electron chi connectivity index (χ0n) is 15.9. The molecule has 1 aromatic heterocycles. The van der Waals surface area contributed by atoms with Crippen LogP contribution in [-0.4, -0.2) is 64.4 Å². The molecule has 0 aliphatic rings. The average Bonchev–Trinajstić information content (AvgIpc) is 2.56. The molecule has 0 bridgehead atoms. The minimum atomic E-state index is -5.85. The van der Waals surface area contributed by atoms with Crippen LogP contribution in [0.2, 0.25) is 0 Å². The molecular weight excluding hydrogens is 513 g/mol. The van der Waals surface area contributed by atoms with Gasteiger partial charge >= 0.3 is 29.2 Å². The fraction of sp³-hybridized carbons (Fsp3) is 0.636. The first-order valence-corrected chi connectivity index (χ1v) is 12.6. The zero-order valence-corrected chi connectivity index (χ0v) is 18.5. The summed E-state index contributed by atoms with van der Waals surface area (Å²) in [6, 6.07) is 1.01. The van der Waals surface area contributed by atoms with Crippen molar-refractivity contribution in [3.8, 4) is 0 Å². The number of hydrogen-bond donors (Lipinski definition) is 7. The van der Waals surface area contributed by atoms with E-state index in [-0.39, 0.29) is 5.82 Å². The van der Waals surface area contributed by atoms with Gasteiger partial charge in [-0.05, 0) is 13.0 Å². The molecule has 0 aliphatic carbocycles. The maximum atomic E-state index is 14.5. The van der Waals surface area contributed by atoms with Gasteiger partial charge in [-0.1, -0.05) is 0 Å². The molecule has 1 rings (SSSR count). The highest BCUT2D eigenvalue weighted by atomic mass is 31.3. The van der Waals surface area contributed by atoms with Crippen LogP contribution in [-0.2, 0) is 26.8 Å². The molecule has 21 heteroatoms. The molecule has 0 radical (unpaired) electrons. The number of phosphoric ester groups is 1. The first kappa shape index (κ1) is 28.9. The summed E-state index contributed by atoms with van der Waals surface area (Å²) < 4.78 is 73.3. The van der Waals surface area contributed by atoms with Gasteiger partial charge in [0.2, 0.25) is 0 Å². The van der Waals surface area contributed by atoms with Gasteiger partial charge in [0, 0.05) is 12.1 Å². The second kappa shape index (κ2) is 10.9. The van der Waals surface area contributed by atoms with Crippen molar-refractivity contribution in [2.45, 2.75) is 31.6 Å². The van der Waals surface area contributed by atoms with Crippen LogP contribution in [0.3, 0.4) is 0 Å². The summed E-state index contributed by atoms with van der Waals surface area (Å²) in [6.45, 7) is -0.616. The largest absolute Gasteiger partial charge is 0.490 e. The summed E-state index contributed by atoms with van der Waals surface area (Å²) in [6.07, 6.45) is -9.04. The van der Waals surface area contributed by atoms with Crippen LogP contribution in [0.5, 0.6) is 0 Å². The van der Waals surface area contributed by atoms with Crippen molar-refractivity contribution < 1.29 is 65.4 Å². The average molecular weight is 533 g/mol. The third-order valence-electron chi connectivity index (χ3n) is 3.62. The molecule has 0 aliphatic heterocycles. The van der Waals surface area contributed by atoms with Gasteiger partial charge in [-0.3, -0.25) is 9.09 Å². The second-order valence-corrected chi connectivity index (χ2v) is 10.5. The summed E-state index contributed by atoms with van der Waals surface area (Å²) in [4.78, 5) is 50.2. The van der Waals surface area contributed by atoms with Gasteiger partial charge in [0.05, 0.1) is 12.7 Å². The van der Waals surface area contributed by atoms with E-state index >= 15 is 0 Å². The van der Waals surface area contributed by atoms with Gasteiger partial charge in [-0.2, -0.15) is 13.6 Å². The SMILES string of the molecule is CC(F)[C@@H](COP(=O)(O)OP(=O)(O)OP(=O)(O)O)[C@@H](O)[C@@H](F)[C@@H](O)n1ccc(N)nc1=O. The van der Waals surface area contributed by atoms with Crippen LogP contribution in [0.4, 0.5) is 14.6 Å². The van der Waals surface area contributed by atoms with Crippen LogP contribution < -0.4 is 11.4 Å². The van der Waals surface area contributed by atoms with E-state index in [9.17, 15) is 42.4 Å². The number of aromatic nitrogens is 2. The molecule has 1 aromatic rings. The van der Waals surface area contributed by atoms with E-state index in [2.05, 4.69) is 18.1 Å². The van der Waals surface area contributed by atoms with Gasteiger partial charge in [0.25, 0.3) is 0 Å². The topological polar surface area (TPSA) is 261 Å². The Balaban J connectivity index is 2.94. The van der Waals surface area contributed by atoms with Crippen molar-refractivity contribution in [2.75, 3.05) is 12.3 Å². The molecule has 0 saturated carbocycles. The fourth-order valence-electron chi connectivity index (χ4n) is 2.18. The Morgan fingerprint density at radius 1 is 1.12 bits per heavy atom. The molecule has 0 amide bonds. The number of phosphoric acid groups is 3. The molecule has 0 spiro atoms. The number of halogens is 2. The number of nitrogens with zero attached hydrogens (tertiary/aromatic N) is 2. The number of nitrogen functional groups attached to an aromatic ring is 1. The number of aliphatic hydroxyl groups is 2. The zero-order chi connectivity index (χ0) is 25.1. The Hall–Kier alpha value is -1.13. The van der Waals surface area contributed by atoms with Crippen molar-refractivity contribution >= 4 is 29.3 Å². The Bertz CT molecular complexity index is 987. The maximum absolute atomic E-state index is 14.5. The van der Waals surface area contributed by atoms with E-state index in [0.717, 1.165) is 19.2 Å². The Kier molecular flexibility index (Phi) is 9.81. The number of rotatable bonds is 12. The summed E-state index contributed by atoms with van der Waals surface area (Å²) in [5, 5.41) is 20.0.